The summed E-state index contributed by atoms with van der Waals surface area (Å²) in [6.45, 7) is 6.61. The minimum absolute atomic E-state index is 0.436. The molecule has 0 fully saturated rings. The lowest BCUT2D eigenvalue weighted by Gasteiger charge is -2.32. The fourth-order valence-corrected chi connectivity index (χ4v) is 4.20. The van der Waals surface area contributed by atoms with Gasteiger partial charge in [0.2, 0.25) is 11.8 Å². The first kappa shape index (κ1) is 18.8. The number of hydrogen-bond acceptors (Lipinski definition) is 6. The number of nitrogens with two attached hydrogens (primary N) is 1. The number of pyridine rings is 1. The summed E-state index contributed by atoms with van der Waals surface area (Å²) in [5, 5.41) is 12.8. The van der Waals surface area contributed by atoms with E-state index in [9.17, 15) is 10.1 Å². The molecule has 7 nitrogen and oxygen atoms in total. The summed E-state index contributed by atoms with van der Waals surface area (Å²) in [6.07, 6.45) is 2.40. The molecule has 1 atom stereocenters. The van der Waals surface area contributed by atoms with Gasteiger partial charge in [-0.1, -0.05) is 6.07 Å². The van der Waals surface area contributed by atoms with Crippen molar-refractivity contribution >= 4 is 11.6 Å². The Hall–Kier alpha value is -3.53. The number of aryl methyl sites for hydroxylation is 1. The van der Waals surface area contributed by atoms with Crippen LogP contribution in [0.3, 0.4) is 0 Å². The molecule has 1 aromatic carbocycles. The Labute approximate surface area is 169 Å². The number of aromatic nitrogens is 1. The van der Waals surface area contributed by atoms with Crippen molar-refractivity contribution in [1.82, 2.24) is 4.98 Å². The molecule has 4 rings (SSSR count). The van der Waals surface area contributed by atoms with Crippen LogP contribution in [-0.2, 0) is 11.2 Å². The summed E-state index contributed by atoms with van der Waals surface area (Å²) < 4.78 is 11.7. The average molecular weight is 390 g/mol. The van der Waals surface area contributed by atoms with Gasteiger partial charge in [-0.25, -0.2) is 4.98 Å². The molecule has 2 aromatic rings. The summed E-state index contributed by atoms with van der Waals surface area (Å²) in [6, 6.07) is 5.85. The molecule has 1 aromatic heterocycles. The Bertz CT molecular complexity index is 1100. The van der Waals surface area contributed by atoms with E-state index in [-0.39, 0.29) is 0 Å². The highest BCUT2D eigenvalue weighted by atomic mass is 16.5. The molecule has 0 saturated carbocycles. The molecule has 0 unspecified atom stereocenters. The number of rotatable bonds is 4. The van der Waals surface area contributed by atoms with Crippen molar-refractivity contribution in [1.29, 1.82) is 5.26 Å². The van der Waals surface area contributed by atoms with Gasteiger partial charge < -0.3 is 20.5 Å². The standard InChI is InChI=1S/C22H22N4O3/c1-4-28-22-18-17(15-6-5-13(9-23)14-7-8-29-20(14)15)16(21(24)27)12(3)26-19(18)11(2)10-25-22/h5-6,10,17,26H,4,7-8H2,1-3H3,(H2,24,27)/t17-/m1/s1. The van der Waals surface area contributed by atoms with Crippen LogP contribution in [-0.4, -0.2) is 24.1 Å². The van der Waals surface area contributed by atoms with Crippen molar-refractivity contribution in [3.05, 3.63) is 57.4 Å². The summed E-state index contributed by atoms with van der Waals surface area (Å²) in [7, 11) is 0. The molecular formula is C22H22N4O3. The van der Waals surface area contributed by atoms with Crippen LogP contribution >= 0.6 is 0 Å². The maximum Gasteiger partial charge on any atom is 0.247 e. The molecule has 2 aliphatic rings. The maximum absolute atomic E-state index is 12.5. The number of anilines is 1. The number of ether oxygens (including phenoxy) is 2. The lowest BCUT2D eigenvalue weighted by atomic mass is 9.79. The van der Waals surface area contributed by atoms with Crippen LogP contribution in [0.15, 0.2) is 29.6 Å². The zero-order valence-electron chi connectivity index (χ0n) is 16.6. The number of nitriles is 1. The summed E-state index contributed by atoms with van der Waals surface area (Å²) in [5.74, 6) is 0.0772. The van der Waals surface area contributed by atoms with E-state index in [1.54, 1.807) is 12.3 Å². The van der Waals surface area contributed by atoms with Gasteiger partial charge in [0.15, 0.2) is 0 Å². The van der Waals surface area contributed by atoms with Crippen molar-refractivity contribution in [2.24, 2.45) is 5.73 Å². The van der Waals surface area contributed by atoms with E-state index in [0.717, 1.165) is 27.9 Å². The Balaban J connectivity index is 2.05. The first-order valence-corrected chi connectivity index (χ1v) is 9.56. The van der Waals surface area contributed by atoms with Crippen molar-refractivity contribution in [3.8, 4) is 17.7 Å². The largest absolute Gasteiger partial charge is 0.493 e. The number of benzene rings is 1. The van der Waals surface area contributed by atoms with E-state index in [2.05, 4.69) is 16.4 Å². The average Bonchev–Trinajstić information content (AvgIpc) is 3.18. The number of carbonyl (C=O) groups excluding carboxylic acids is 1. The fourth-order valence-electron chi connectivity index (χ4n) is 4.20. The number of carbonyl (C=O) groups is 1. The third-order valence-corrected chi connectivity index (χ3v) is 5.43. The SMILES string of the molecule is CCOc1ncc(C)c2c1[C@H](c1ccc(C#N)c3c1OCC3)C(C(N)=O)=C(C)N2. The van der Waals surface area contributed by atoms with E-state index < -0.39 is 11.8 Å². The van der Waals surface area contributed by atoms with Gasteiger partial charge in [-0.05, 0) is 32.4 Å². The minimum atomic E-state index is -0.522. The topological polar surface area (TPSA) is 110 Å². The smallest absolute Gasteiger partial charge is 0.247 e. The molecule has 29 heavy (non-hydrogen) atoms. The Morgan fingerprint density at radius 3 is 2.93 bits per heavy atom. The van der Waals surface area contributed by atoms with Crippen molar-refractivity contribution in [2.45, 2.75) is 33.1 Å². The van der Waals surface area contributed by atoms with E-state index in [0.29, 0.717) is 48.1 Å². The third-order valence-electron chi connectivity index (χ3n) is 5.43. The fraction of sp³-hybridized carbons (Fsp3) is 0.318. The lowest BCUT2D eigenvalue weighted by Crippen LogP contribution is -2.28. The normalized spacial score (nSPS) is 17.0. The molecule has 148 valence electrons. The minimum Gasteiger partial charge on any atom is -0.493 e. The highest BCUT2D eigenvalue weighted by Gasteiger charge is 2.38. The molecule has 0 bridgehead atoms. The molecule has 0 spiro atoms. The van der Waals surface area contributed by atoms with Crippen LogP contribution in [0.2, 0.25) is 0 Å². The number of nitrogens with zero attached hydrogens (tertiary/aromatic N) is 2. The molecule has 2 aliphatic heterocycles. The molecule has 7 heteroatoms. The predicted molar refractivity (Wildman–Crippen MR) is 108 cm³/mol. The molecule has 0 saturated heterocycles. The number of nitrogens with one attached hydrogen (secondary N) is 1. The van der Waals surface area contributed by atoms with Gasteiger partial charge in [-0.2, -0.15) is 5.26 Å². The quantitative estimate of drug-likeness (QED) is 0.830. The van der Waals surface area contributed by atoms with Crippen LogP contribution in [0.1, 0.15) is 47.6 Å². The maximum atomic E-state index is 12.5. The Kier molecular flexibility index (Phi) is 4.63. The summed E-state index contributed by atoms with van der Waals surface area (Å²) >= 11 is 0. The second-order valence-electron chi connectivity index (χ2n) is 7.15. The van der Waals surface area contributed by atoms with Gasteiger partial charge in [0.25, 0.3) is 0 Å². The number of fused-ring (bicyclic) bond motifs is 2. The van der Waals surface area contributed by atoms with E-state index in [1.165, 1.54) is 0 Å². The van der Waals surface area contributed by atoms with Crippen molar-refractivity contribution in [3.63, 3.8) is 0 Å². The number of amides is 1. The molecular weight excluding hydrogens is 368 g/mol. The molecule has 3 heterocycles. The zero-order chi connectivity index (χ0) is 20.7. The predicted octanol–water partition coefficient (Wildman–Crippen LogP) is 2.91. The second-order valence-corrected chi connectivity index (χ2v) is 7.15. The van der Waals surface area contributed by atoms with Gasteiger partial charge >= 0.3 is 0 Å². The number of hydrogen-bond donors (Lipinski definition) is 2. The Morgan fingerprint density at radius 1 is 1.45 bits per heavy atom. The molecule has 0 radical (unpaired) electrons. The molecule has 3 N–H and O–H groups in total. The van der Waals surface area contributed by atoms with Crippen LogP contribution in [0.25, 0.3) is 0 Å². The first-order chi connectivity index (χ1) is 14.0. The van der Waals surface area contributed by atoms with Crippen molar-refractivity contribution in [2.75, 3.05) is 18.5 Å². The first-order valence-electron chi connectivity index (χ1n) is 9.56. The van der Waals surface area contributed by atoms with Crippen LogP contribution < -0.4 is 20.5 Å². The highest BCUT2D eigenvalue weighted by Crippen LogP contribution is 2.50. The van der Waals surface area contributed by atoms with Gasteiger partial charge in [0.1, 0.15) is 5.75 Å². The molecule has 0 aliphatic carbocycles. The summed E-state index contributed by atoms with van der Waals surface area (Å²) in [4.78, 5) is 17.0. The lowest BCUT2D eigenvalue weighted by molar-refractivity contribution is -0.114. The van der Waals surface area contributed by atoms with Crippen LogP contribution in [0.5, 0.6) is 11.6 Å². The van der Waals surface area contributed by atoms with E-state index in [1.807, 2.05) is 26.8 Å². The number of allylic oxidation sites excluding steroid dienone is 1. The number of primary amides is 1. The van der Waals surface area contributed by atoms with E-state index in [4.69, 9.17) is 15.2 Å². The summed E-state index contributed by atoms with van der Waals surface area (Å²) in [5.41, 5.74) is 11.7. The third kappa shape index (κ3) is 2.88. The van der Waals surface area contributed by atoms with Crippen molar-refractivity contribution < 1.29 is 14.3 Å². The van der Waals surface area contributed by atoms with Gasteiger partial charge in [-0.15, -0.1) is 0 Å². The van der Waals surface area contributed by atoms with Gasteiger partial charge in [-0.3, -0.25) is 4.79 Å². The van der Waals surface area contributed by atoms with Crippen LogP contribution in [0, 0.1) is 18.3 Å². The van der Waals surface area contributed by atoms with Gasteiger partial charge in [0.05, 0.1) is 42.0 Å². The van der Waals surface area contributed by atoms with E-state index >= 15 is 0 Å². The van der Waals surface area contributed by atoms with Crippen LogP contribution in [0.4, 0.5) is 5.69 Å². The highest BCUT2D eigenvalue weighted by molar-refractivity contribution is 5.98. The molecule has 1 amide bonds. The Morgan fingerprint density at radius 2 is 2.24 bits per heavy atom. The van der Waals surface area contributed by atoms with Gasteiger partial charge in [0, 0.05) is 35.0 Å². The second kappa shape index (κ2) is 7.13. The zero-order valence-corrected chi connectivity index (χ0v) is 16.6. The monoisotopic (exact) mass is 390 g/mol.